The predicted molar refractivity (Wildman–Crippen MR) is 122 cm³/mol. The van der Waals surface area contributed by atoms with E-state index in [1.807, 2.05) is 50.2 Å². The van der Waals surface area contributed by atoms with Crippen molar-refractivity contribution < 1.29 is 9.18 Å². The maximum Gasteiger partial charge on any atom is 0.274 e. The molecule has 2 aromatic carbocycles. The molecule has 5 nitrogen and oxygen atoms in total. The van der Waals surface area contributed by atoms with Gasteiger partial charge in [-0.25, -0.2) is 9.07 Å². The number of carbonyl (C=O) groups is 1. The molecule has 3 aromatic rings. The lowest BCUT2D eigenvalue weighted by Gasteiger charge is -2.39. The van der Waals surface area contributed by atoms with Crippen LogP contribution in [-0.2, 0) is 11.2 Å². The van der Waals surface area contributed by atoms with Crippen LogP contribution >= 0.6 is 0 Å². The van der Waals surface area contributed by atoms with Crippen molar-refractivity contribution in [2.75, 3.05) is 0 Å². The normalized spacial score (nSPS) is 22.6. The first-order valence-corrected chi connectivity index (χ1v) is 11.5. The van der Waals surface area contributed by atoms with Crippen LogP contribution < -0.4 is 5.56 Å². The van der Waals surface area contributed by atoms with Crippen molar-refractivity contribution in [2.24, 2.45) is 0 Å². The van der Waals surface area contributed by atoms with Crippen molar-refractivity contribution in [1.29, 1.82) is 0 Å². The first-order chi connectivity index (χ1) is 15.4. The minimum atomic E-state index is -0.216. The van der Waals surface area contributed by atoms with Gasteiger partial charge in [0.15, 0.2) is 0 Å². The van der Waals surface area contributed by atoms with Crippen molar-refractivity contribution in [3.8, 4) is 0 Å². The third-order valence-corrected chi connectivity index (χ3v) is 7.08. The van der Waals surface area contributed by atoms with E-state index in [0.717, 1.165) is 36.6 Å². The number of rotatable bonds is 4. The van der Waals surface area contributed by atoms with Crippen LogP contribution in [0.5, 0.6) is 0 Å². The summed E-state index contributed by atoms with van der Waals surface area (Å²) < 4.78 is 14.8. The van der Waals surface area contributed by atoms with E-state index >= 15 is 0 Å². The minimum absolute atomic E-state index is 0.0800. The predicted octanol–water partition coefficient (Wildman–Crippen LogP) is 4.60. The Morgan fingerprint density at radius 2 is 1.66 bits per heavy atom. The quantitative estimate of drug-likeness (QED) is 0.604. The number of hydrogen-bond acceptors (Lipinski definition) is 3. The second-order valence-electron chi connectivity index (χ2n) is 9.42. The molecular formula is C26H28FN3O2. The average molecular weight is 434 g/mol. The third kappa shape index (κ3) is 3.61. The molecule has 0 saturated carbocycles. The van der Waals surface area contributed by atoms with E-state index in [1.54, 1.807) is 0 Å². The van der Waals surface area contributed by atoms with Gasteiger partial charge in [-0.15, -0.1) is 0 Å². The SMILES string of the molecule is CC(C)n1nc(CC(=O)N2[C@H]3CC[C@H]2CC(c2ccc(F)cc2)C3)c2ccccc2c1=O. The molecule has 32 heavy (non-hydrogen) atoms. The zero-order valence-electron chi connectivity index (χ0n) is 18.5. The van der Waals surface area contributed by atoms with E-state index in [9.17, 15) is 14.0 Å². The van der Waals surface area contributed by atoms with Crippen LogP contribution in [-0.4, -0.2) is 32.7 Å². The van der Waals surface area contributed by atoms with Crippen LogP contribution in [0, 0.1) is 5.82 Å². The highest BCUT2D eigenvalue weighted by Crippen LogP contribution is 2.43. The molecule has 0 unspecified atom stereocenters. The van der Waals surface area contributed by atoms with Crippen molar-refractivity contribution in [3.63, 3.8) is 0 Å². The molecular weight excluding hydrogens is 405 g/mol. The lowest BCUT2D eigenvalue weighted by molar-refractivity contribution is -0.135. The Hall–Kier alpha value is -3.02. The number of hydrogen-bond donors (Lipinski definition) is 0. The summed E-state index contributed by atoms with van der Waals surface area (Å²) in [6, 6.07) is 14.6. The van der Waals surface area contributed by atoms with Crippen LogP contribution in [0.4, 0.5) is 4.39 Å². The van der Waals surface area contributed by atoms with E-state index in [2.05, 4.69) is 10.00 Å². The van der Waals surface area contributed by atoms with E-state index in [0.29, 0.717) is 17.0 Å². The molecule has 166 valence electrons. The molecule has 2 aliphatic heterocycles. The van der Waals surface area contributed by atoms with Gasteiger partial charge in [-0.2, -0.15) is 5.10 Å². The van der Waals surface area contributed by atoms with Gasteiger partial charge in [-0.05, 0) is 69.2 Å². The molecule has 0 radical (unpaired) electrons. The topological polar surface area (TPSA) is 55.2 Å². The van der Waals surface area contributed by atoms with Gasteiger partial charge in [-0.3, -0.25) is 9.59 Å². The van der Waals surface area contributed by atoms with E-state index in [1.165, 1.54) is 16.8 Å². The molecule has 5 rings (SSSR count). The van der Waals surface area contributed by atoms with Crippen LogP contribution in [0.2, 0.25) is 0 Å². The Morgan fingerprint density at radius 3 is 2.28 bits per heavy atom. The first-order valence-electron chi connectivity index (χ1n) is 11.5. The molecule has 2 fully saturated rings. The largest absolute Gasteiger partial charge is 0.336 e. The van der Waals surface area contributed by atoms with Crippen LogP contribution in [0.1, 0.15) is 62.7 Å². The first kappa shape index (κ1) is 20.9. The molecule has 2 saturated heterocycles. The van der Waals surface area contributed by atoms with Crippen molar-refractivity contribution in [3.05, 3.63) is 76.0 Å². The molecule has 2 bridgehead atoms. The van der Waals surface area contributed by atoms with Gasteiger partial charge in [0.05, 0.1) is 23.5 Å². The van der Waals surface area contributed by atoms with Gasteiger partial charge in [-0.1, -0.05) is 30.3 Å². The Bertz CT molecular complexity index is 1200. The molecule has 1 aromatic heterocycles. The van der Waals surface area contributed by atoms with Crippen LogP contribution in [0.3, 0.4) is 0 Å². The number of carbonyl (C=O) groups excluding carboxylic acids is 1. The maximum atomic E-state index is 13.5. The second kappa shape index (κ2) is 8.15. The fourth-order valence-electron chi connectivity index (χ4n) is 5.58. The average Bonchev–Trinajstić information content (AvgIpc) is 3.05. The molecule has 2 atom stereocenters. The fourth-order valence-corrected chi connectivity index (χ4v) is 5.58. The maximum absolute atomic E-state index is 13.5. The van der Waals surface area contributed by atoms with Gasteiger partial charge in [0, 0.05) is 17.5 Å². The second-order valence-corrected chi connectivity index (χ2v) is 9.42. The molecule has 1 amide bonds. The highest BCUT2D eigenvalue weighted by molar-refractivity contribution is 5.88. The fraction of sp³-hybridized carbons (Fsp3) is 0.423. The van der Waals surface area contributed by atoms with E-state index in [-0.39, 0.29) is 41.8 Å². The minimum Gasteiger partial charge on any atom is -0.336 e. The number of benzene rings is 2. The van der Waals surface area contributed by atoms with Crippen molar-refractivity contribution in [2.45, 2.75) is 70.0 Å². The van der Waals surface area contributed by atoms with E-state index in [4.69, 9.17) is 0 Å². The smallest absolute Gasteiger partial charge is 0.274 e. The van der Waals surface area contributed by atoms with Crippen LogP contribution in [0.15, 0.2) is 53.3 Å². The zero-order chi connectivity index (χ0) is 22.4. The molecule has 3 heterocycles. The molecule has 0 spiro atoms. The number of halogens is 1. The van der Waals surface area contributed by atoms with Gasteiger partial charge in [0.25, 0.3) is 5.56 Å². The van der Waals surface area contributed by atoms with Crippen LogP contribution in [0.25, 0.3) is 10.8 Å². The lowest BCUT2D eigenvalue weighted by atomic mass is 9.85. The summed E-state index contributed by atoms with van der Waals surface area (Å²) in [5.41, 5.74) is 1.71. The summed E-state index contributed by atoms with van der Waals surface area (Å²) in [7, 11) is 0. The number of piperidine rings is 1. The van der Waals surface area contributed by atoms with Gasteiger partial charge < -0.3 is 4.90 Å². The highest BCUT2D eigenvalue weighted by atomic mass is 19.1. The molecule has 6 heteroatoms. The Labute approximate surface area is 186 Å². The van der Waals surface area contributed by atoms with Gasteiger partial charge in [0.2, 0.25) is 5.91 Å². The summed E-state index contributed by atoms with van der Waals surface area (Å²) in [4.78, 5) is 28.3. The molecule has 2 aliphatic rings. The highest BCUT2D eigenvalue weighted by Gasteiger charge is 2.43. The molecule has 0 N–H and O–H groups in total. The summed E-state index contributed by atoms with van der Waals surface area (Å²) in [5.74, 6) is 0.229. The number of amides is 1. The molecule has 0 aliphatic carbocycles. The summed E-state index contributed by atoms with van der Waals surface area (Å²) in [6.45, 7) is 3.85. The Kier molecular flexibility index (Phi) is 5.31. The van der Waals surface area contributed by atoms with Crippen molar-refractivity contribution >= 4 is 16.7 Å². The Morgan fingerprint density at radius 1 is 1.03 bits per heavy atom. The number of fused-ring (bicyclic) bond motifs is 3. The number of nitrogens with zero attached hydrogens (tertiary/aromatic N) is 3. The zero-order valence-corrected chi connectivity index (χ0v) is 18.5. The monoisotopic (exact) mass is 433 g/mol. The lowest BCUT2D eigenvalue weighted by Crippen LogP contribution is -2.47. The van der Waals surface area contributed by atoms with Crippen molar-refractivity contribution in [1.82, 2.24) is 14.7 Å². The Balaban J connectivity index is 1.41. The summed E-state index contributed by atoms with van der Waals surface area (Å²) >= 11 is 0. The van der Waals surface area contributed by atoms with Gasteiger partial charge >= 0.3 is 0 Å². The standard InChI is InChI=1S/C26H28FN3O2/c1-16(2)30-26(32)23-6-4-3-5-22(23)24(28-30)15-25(31)29-20-11-12-21(29)14-18(13-20)17-7-9-19(27)10-8-17/h3-10,16,18,20-21H,11-15H2,1-2H3/t20-,21-/m0/s1. The number of aromatic nitrogens is 2. The third-order valence-electron chi connectivity index (χ3n) is 7.08. The summed E-state index contributed by atoms with van der Waals surface area (Å²) in [6.07, 6.45) is 4.03. The van der Waals surface area contributed by atoms with Gasteiger partial charge in [0.1, 0.15) is 5.82 Å². The van der Waals surface area contributed by atoms with E-state index < -0.39 is 0 Å². The summed E-state index contributed by atoms with van der Waals surface area (Å²) in [5, 5.41) is 5.97.